The van der Waals surface area contributed by atoms with E-state index in [2.05, 4.69) is 106 Å². The monoisotopic (exact) mass is 447 g/mol. The van der Waals surface area contributed by atoms with Crippen LogP contribution in [0.1, 0.15) is 32.3 Å². The van der Waals surface area contributed by atoms with Gasteiger partial charge in [0.25, 0.3) is 0 Å². The van der Waals surface area contributed by atoms with Crippen molar-refractivity contribution in [3.63, 3.8) is 0 Å². The number of pyridine rings is 1. The maximum Gasteiger partial charge on any atom is 0.163 e. The zero-order valence-electron chi connectivity index (χ0n) is 19.1. The number of nitrogens with zero attached hydrogens (tertiary/aromatic N) is 1. The summed E-state index contributed by atoms with van der Waals surface area (Å²) in [6, 6.07) is 32.5. The number of fused-ring (bicyclic) bond motifs is 3. The third-order valence-corrected chi connectivity index (χ3v) is 9.64. The highest BCUT2D eigenvalue weighted by Gasteiger charge is 2.44. The maximum atomic E-state index is 6.68. The molecule has 0 amide bonds. The zero-order valence-corrected chi connectivity index (χ0v) is 20.0. The summed E-state index contributed by atoms with van der Waals surface area (Å²) >= 11 is 0. The van der Waals surface area contributed by atoms with Crippen LogP contribution in [0.15, 0.2) is 97.2 Å². The molecule has 1 unspecified atom stereocenters. The Labute approximate surface area is 196 Å². The quantitative estimate of drug-likeness (QED) is 0.202. The molecule has 4 aromatic carbocycles. The highest BCUT2D eigenvalue weighted by Crippen LogP contribution is 2.66. The Balaban J connectivity index is 1.68. The van der Waals surface area contributed by atoms with Crippen LogP contribution in [0.5, 0.6) is 5.75 Å². The molecule has 0 bridgehead atoms. The lowest BCUT2D eigenvalue weighted by Crippen LogP contribution is -2.21. The van der Waals surface area contributed by atoms with Crippen LogP contribution < -0.4 is 10.0 Å². The Bertz CT molecular complexity index is 1430. The highest BCUT2D eigenvalue weighted by atomic mass is 31.1. The largest absolute Gasteiger partial charge is 0.479 e. The summed E-state index contributed by atoms with van der Waals surface area (Å²) in [4.78, 5) is 4.70. The standard InChI is InChI=1S/C30H26NOP/c1-30(2,3)33-28-24(15-10-17-26(28)32-29(33)25-16-8-9-18-31-25)27-22-13-6-4-11-20(22)19-21-12-5-7-14-23(21)27/h4-19,29H,1-3H3/t29-,33?/m1/s1. The molecular formula is C30H26NOP. The first-order valence-corrected chi connectivity index (χ1v) is 12.8. The van der Waals surface area contributed by atoms with Crippen LogP contribution in [-0.2, 0) is 0 Å². The third kappa shape index (κ3) is 3.33. The van der Waals surface area contributed by atoms with Gasteiger partial charge in [-0.05, 0) is 70.0 Å². The van der Waals surface area contributed by atoms with Crippen molar-refractivity contribution in [3.05, 3.63) is 103 Å². The summed E-state index contributed by atoms with van der Waals surface area (Å²) in [5.74, 6) is 0.958. The van der Waals surface area contributed by atoms with Crippen molar-refractivity contribution in [2.24, 2.45) is 0 Å². The van der Waals surface area contributed by atoms with Crippen LogP contribution >= 0.6 is 7.92 Å². The van der Waals surface area contributed by atoms with Gasteiger partial charge < -0.3 is 4.74 Å². The first-order chi connectivity index (χ1) is 16.0. The fourth-order valence-electron chi connectivity index (χ4n) is 5.06. The van der Waals surface area contributed by atoms with Gasteiger partial charge in [-0.25, -0.2) is 0 Å². The third-order valence-electron chi connectivity index (χ3n) is 6.42. The van der Waals surface area contributed by atoms with Gasteiger partial charge in [-0.2, -0.15) is 0 Å². The van der Waals surface area contributed by atoms with Crippen LogP contribution in [0.2, 0.25) is 0 Å². The van der Waals surface area contributed by atoms with Gasteiger partial charge in [0.1, 0.15) is 5.75 Å². The first kappa shape index (κ1) is 20.4. The van der Waals surface area contributed by atoms with Gasteiger partial charge in [-0.3, -0.25) is 4.98 Å². The van der Waals surface area contributed by atoms with E-state index in [1.807, 2.05) is 12.3 Å². The highest BCUT2D eigenvalue weighted by molar-refractivity contribution is 7.68. The average Bonchev–Trinajstić information content (AvgIpc) is 3.24. The number of hydrogen-bond acceptors (Lipinski definition) is 2. The lowest BCUT2D eigenvalue weighted by molar-refractivity contribution is 0.295. The van der Waals surface area contributed by atoms with Crippen molar-refractivity contribution in [3.8, 4) is 16.9 Å². The zero-order chi connectivity index (χ0) is 22.6. The molecule has 5 aromatic rings. The minimum absolute atomic E-state index is 0.0430. The molecule has 0 spiro atoms. The molecule has 0 N–H and O–H groups in total. The van der Waals surface area contributed by atoms with Gasteiger partial charge in [0.15, 0.2) is 5.85 Å². The van der Waals surface area contributed by atoms with Crippen molar-refractivity contribution in [2.45, 2.75) is 31.8 Å². The van der Waals surface area contributed by atoms with Gasteiger partial charge in [0.2, 0.25) is 0 Å². The lowest BCUT2D eigenvalue weighted by atomic mass is 9.92. The molecule has 0 saturated carbocycles. The second-order valence-electron chi connectivity index (χ2n) is 9.61. The number of hydrogen-bond donors (Lipinski definition) is 0. The summed E-state index contributed by atoms with van der Waals surface area (Å²) in [6.45, 7) is 7.02. The Morgan fingerprint density at radius 3 is 2.06 bits per heavy atom. The Kier molecular flexibility index (Phi) is 4.75. The van der Waals surface area contributed by atoms with Crippen molar-refractivity contribution in [1.82, 2.24) is 4.98 Å². The van der Waals surface area contributed by atoms with Gasteiger partial charge in [-0.15, -0.1) is 0 Å². The minimum atomic E-state index is -0.682. The predicted octanol–water partition coefficient (Wildman–Crippen LogP) is 8.05. The molecule has 2 heterocycles. The van der Waals surface area contributed by atoms with Gasteiger partial charge in [-0.1, -0.05) is 87.5 Å². The van der Waals surface area contributed by atoms with E-state index in [-0.39, 0.29) is 11.0 Å². The molecule has 1 aliphatic heterocycles. The molecule has 162 valence electrons. The van der Waals surface area contributed by atoms with Crippen LogP contribution in [0.25, 0.3) is 32.7 Å². The Morgan fingerprint density at radius 2 is 1.42 bits per heavy atom. The van der Waals surface area contributed by atoms with E-state index in [0.29, 0.717) is 0 Å². The maximum absolute atomic E-state index is 6.68. The summed E-state index contributed by atoms with van der Waals surface area (Å²) in [6.07, 6.45) is 1.87. The predicted molar refractivity (Wildman–Crippen MR) is 141 cm³/mol. The average molecular weight is 448 g/mol. The molecule has 0 aliphatic carbocycles. The summed E-state index contributed by atoms with van der Waals surface area (Å²) in [7, 11) is -0.682. The molecule has 0 radical (unpaired) electrons. The molecule has 1 aromatic heterocycles. The molecule has 1 aliphatic rings. The van der Waals surface area contributed by atoms with Gasteiger partial charge in [0, 0.05) is 11.5 Å². The minimum Gasteiger partial charge on any atom is -0.479 e. The van der Waals surface area contributed by atoms with Gasteiger partial charge >= 0.3 is 0 Å². The molecule has 0 fully saturated rings. The lowest BCUT2D eigenvalue weighted by Gasteiger charge is -2.32. The van der Waals surface area contributed by atoms with Crippen molar-refractivity contribution >= 4 is 34.8 Å². The van der Waals surface area contributed by atoms with E-state index >= 15 is 0 Å². The van der Waals surface area contributed by atoms with E-state index in [9.17, 15) is 0 Å². The van der Waals surface area contributed by atoms with Crippen molar-refractivity contribution < 1.29 is 4.74 Å². The van der Waals surface area contributed by atoms with E-state index in [1.54, 1.807) is 0 Å². The molecular weight excluding hydrogens is 421 g/mol. The van der Waals surface area contributed by atoms with E-state index in [4.69, 9.17) is 9.72 Å². The van der Waals surface area contributed by atoms with Crippen LogP contribution in [-0.4, -0.2) is 10.1 Å². The number of ether oxygens (including phenoxy) is 1. The molecule has 6 rings (SSSR count). The summed E-state index contributed by atoms with van der Waals surface area (Å²) in [5.41, 5.74) is 3.62. The van der Waals surface area contributed by atoms with E-state index in [1.165, 1.54) is 38.0 Å². The number of aromatic nitrogens is 1. The molecule has 0 saturated heterocycles. The number of rotatable bonds is 2. The van der Waals surface area contributed by atoms with E-state index in [0.717, 1.165) is 11.4 Å². The van der Waals surface area contributed by atoms with Crippen molar-refractivity contribution in [2.75, 3.05) is 0 Å². The van der Waals surface area contributed by atoms with Gasteiger partial charge in [0.05, 0.1) is 5.69 Å². The fraction of sp³-hybridized carbons (Fsp3) is 0.167. The SMILES string of the molecule is CC(C)(C)P1c2c(cccc2-c2c3ccccc3cc3ccccc23)O[C@H]1c1ccccn1. The molecule has 2 nitrogen and oxygen atoms in total. The Hall–Kier alpha value is -3.22. The molecule has 2 atom stereocenters. The van der Waals surface area contributed by atoms with Crippen LogP contribution in [0.4, 0.5) is 0 Å². The summed E-state index contributed by atoms with van der Waals surface area (Å²) < 4.78 is 6.68. The Morgan fingerprint density at radius 1 is 0.758 bits per heavy atom. The van der Waals surface area contributed by atoms with Crippen LogP contribution in [0, 0.1) is 0 Å². The first-order valence-electron chi connectivity index (χ1n) is 11.4. The fourth-order valence-corrected chi connectivity index (χ4v) is 8.12. The van der Waals surface area contributed by atoms with Crippen molar-refractivity contribution in [1.29, 1.82) is 0 Å². The summed E-state index contributed by atoms with van der Waals surface area (Å²) in [5, 5.41) is 6.52. The smallest absolute Gasteiger partial charge is 0.163 e. The number of benzene rings is 4. The molecule has 33 heavy (non-hydrogen) atoms. The molecule has 3 heteroatoms. The van der Waals surface area contributed by atoms with Crippen LogP contribution in [0.3, 0.4) is 0 Å². The topological polar surface area (TPSA) is 22.1 Å². The van der Waals surface area contributed by atoms with E-state index < -0.39 is 7.92 Å². The second-order valence-corrected chi connectivity index (χ2v) is 12.6. The normalized spacial score (nSPS) is 17.8. The second kappa shape index (κ2) is 7.68.